The Balaban J connectivity index is 1.67. The number of benzene rings is 1. The number of nitrogens with one attached hydrogen (secondary N) is 2. The summed E-state index contributed by atoms with van der Waals surface area (Å²) in [4.78, 5) is 17.5. The molecule has 1 aliphatic rings. The Labute approximate surface area is 115 Å². The number of anilines is 1. The number of rotatable bonds is 3. The van der Waals surface area contributed by atoms with Crippen LogP contribution in [0.15, 0.2) is 24.4 Å². The maximum Gasteiger partial charge on any atom is 0.251 e. The number of fused-ring (bicyclic) bond motifs is 1. The zero-order valence-corrected chi connectivity index (χ0v) is 11.5. The second kappa shape index (κ2) is 5.01. The van der Waals surface area contributed by atoms with Gasteiger partial charge in [0.15, 0.2) is 0 Å². The molecule has 3 rings (SSSR count). The highest BCUT2D eigenvalue weighted by Crippen LogP contribution is 2.23. The number of carbonyl (C=O) groups excluding carboxylic acids is 1. The topological polar surface area (TPSA) is 54.0 Å². The van der Waals surface area contributed by atoms with Gasteiger partial charge < -0.3 is 10.6 Å². The van der Waals surface area contributed by atoms with Gasteiger partial charge in [0.25, 0.3) is 5.91 Å². The van der Waals surface area contributed by atoms with Gasteiger partial charge in [-0.05, 0) is 37.1 Å². The van der Waals surface area contributed by atoms with E-state index in [0.29, 0.717) is 6.54 Å². The molecule has 0 radical (unpaired) electrons. The predicted octanol–water partition coefficient (Wildman–Crippen LogP) is 2.35. The van der Waals surface area contributed by atoms with Gasteiger partial charge in [0.05, 0.1) is 6.54 Å². The molecule has 0 unspecified atom stereocenters. The number of thiazole rings is 1. The summed E-state index contributed by atoms with van der Waals surface area (Å²) < 4.78 is 0. The van der Waals surface area contributed by atoms with Crippen molar-refractivity contribution in [3.63, 3.8) is 0 Å². The summed E-state index contributed by atoms with van der Waals surface area (Å²) in [5.41, 5.74) is 3.08. The molecule has 4 nitrogen and oxygen atoms in total. The minimum Gasteiger partial charge on any atom is -0.384 e. The highest BCUT2D eigenvalue weighted by molar-refractivity contribution is 7.11. The van der Waals surface area contributed by atoms with Crippen LogP contribution in [-0.2, 0) is 13.0 Å². The van der Waals surface area contributed by atoms with E-state index in [1.807, 2.05) is 31.3 Å². The van der Waals surface area contributed by atoms with Crippen LogP contribution in [0.2, 0.25) is 0 Å². The molecule has 0 aliphatic carbocycles. The summed E-state index contributed by atoms with van der Waals surface area (Å²) in [7, 11) is 0. The maximum absolute atomic E-state index is 12.1. The lowest BCUT2D eigenvalue weighted by atomic mass is 10.1. The van der Waals surface area contributed by atoms with Crippen LogP contribution in [0, 0.1) is 6.92 Å². The molecule has 0 bridgehead atoms. The number of aryl methyl sites for hydroxylation is 1. The van der Waals surface area contributed by atoms with Gasteiger partial charge in [0, 0.05) is 28.9 Å². The van der Waals surface area contributed by atoms with Gasteiger partial charge in [-0.2, -0.15) is 0 Å². The third-order valence-electron chi connectivity index (χ3n) is 3.15. The van der Waals surface area contributed by atoms with E-state index in [4.69, 9.17) is 0 Å². The van der Waals surface area contributed by atoms with E-state index < -0.39 is 0 Å². The monoisotopic (exact) mass is 273 g/mol. The van der Waals surface area contributed by atoms with E-state index >= 15 is 0 Å². The van der Waals surface area contributed by atoms with Gasteiger partial charge in [0.2, 0.25) is 0 Å². The molecule has 0 spiro atoms. The zero-order valence-electron chi connectivity index (χ0n) is 10.7. The van der Waals surface area contributed by atoms with E-state index in [1.165, 1.54) is 5.56 Å². The van der Waals surface area contributed by atoms with Gasteiger partial charge >= 0.3 is 0 Å². The van der Waals surface area contributed by atoms with Gasteiger partial charge in [-0.1, -0.05) is 0 Å². The van der Waals surface area contributed by atoms with Crippen molar-refractivity contribution in [1.29, 1.82) is 0 Å². The molecular weight excluding hydrogens is 258 g/mol. The highest BCUT2D eigenvalue weighted by atomic mass is 32.1. The smallest absolute Gasteiger partial charge is 0.251 e. The molecule has 0 fully saturated rings. The average Bonchev–Trinajstić information content (AvgIpc) is 3.03. The number of hydrogen-bond acceptors (Lipinski definition) is 4. The summed E-state index contributed by atoms with van der Waals surface area (Å²) in [5.74, 6) is -0.0393. The van der Waals surface area contributed by atoms with Crippen molar-refractivity contribution >= 4 is 22.9 Å². The van der Waals surface area contributed by atoms with E-state index in [0.717, 1.165) is 34.1 Å². The molecular formula is C14H15N3OS. The quantitative estimate of drug-likeness (QED) is 0.902. The molecule has 1 aromatic heterocycles. The van der Waals surface area contributed by atoms with Crippen LogP contribution in [0.25, 0.3) is 0 Å². The lowest BCUT2D eigenvalue weighted by molar-refractivity contribution is 0.0951. The molecule has 1 amide bonds. The molecule has 2 aromatic rings. The molecule has 2 N–H and O–H groups in total. The molecule has 5 heteroatoms. The van der Waals surface area contributed by atoms with E-state index in [1.54, 1.807) is 11.3 Å². The van der Waals surface area contributed by atoms with Crippen molar-refractivity contribution in [2.75, 3.05) is 11.9 Å². The van der Waals surface area contributed by atoms with E-state index in [2.05, 4.69) is 15.6 Å². The van der Waals surface area contributed by atoms with Crippen molar-refractivity contribution in [1.82, 2.24) is 10.3 Å². The second-order valence-corrected chi connectivity index (χ2v) is 5.92. The third kappa shape index (κ3) is 2.61. The number of nitrogens with zero attached hydrogens (tertiary/aromatic N) is 1. The lowest BCUT2D eigenvalue weighted by Gasteiger charge is -2.05. The minimum atomic E-state index is -0.0393. The fourth-order valence-corrected chi connectivity index (χ4v) is 2.91. The van der Waals surface area contributed by atoms with Crippen LogP contribution in [-0.4, -0.2) is 17.4 Å². The summed E-state index contributed by atoms with van der Waals surface area (Å²) in [6, 6.07) is 5.81. The minimum absolute atomic E-state index is 0.0393. The summed E-state index contributed by atoms with van der Waals surface area (Å²) >= 11 is 1.61. The normalized spacial score (nSPS) is 12.9. The van der Waals surface area contributed by atoms with Crippen molar-refractivity contribution in [3.8, 4) is 0 Å². The fraction of sp³-hybridized carbons (Fsp3) is 0.286. The molecule has 0 saturated heterocycles. The Morgan fingerprint density at radius 1 is 1.53 bits per heavy atom. The van der Waals surface area contributed by atoms with Crippen molar-refractivity contribution < 1.29 is 4.79 Å². The van der Waals surface area contributed by atoms with Crippen molar-refractivity contribution in [2.45, 2.75) is 19.9 Å². The molecule has 1 aromatic carbocycles. The van der Waals surface area contributed by atoms with Gasteiger partial charge in [-0.3, -0.25) is 4.79 Å². The van der Waals surface area contributed by atoms with Crippen LogP contribution < -0.4 is 10.6 Å². The SMILES string of the molecule is Cc1cnc(CNC(=O)c2ccc3c(c2)CCN3)s1. The largest absolute Gasteiger partial charge is 0.384 e. The van der Waals surface area contributed by atoms with Gasteiger partial charge in [0.1, 0.15) is 5.01 Å². The first kappa shape index (κ1) is 12.2. The third-order valence-corrected chi connectivity index (χ3v) is 4.06. The average molecular weight is 273 g/mol. The van der Waals surface area contributed by atoms with Gasteiger partial charge in [-0.15, -0.1) is 11.3 Å². The number of hydrogen-bond donors (Lipinski definition) is 2. The van der Waals surface area contributed by atoms with Crippen LogP contribution in [0.4, 0.5) is 5.69 Å². The number of aromatic nitrogens is 1. The van der Waals surface area contributed by atoms with Crippen LogP contribution >= 0.6 is 11.3 Å². The van der Waals surface area contributed by atoms with E-state index in [9.17, 15) is 4.79 Å². The predicted molar refractivity (Wildman–Crippen MR) is 76.7 cm³/mol. The van der Waals surface area contributed by atoms with Crippen LogP contribution in [0.5, 0.6) is 0 Å². The zero-order chi connectivity index (χ0) is 13.2. The Kier molecular flexibility index (Phi) is 3.21. The number of carbonyl (C=O) groups is 1. The Hall–Kier alpha value is -1.88. The lowest BCUT2D eigenvalue weighted by Crippen LogP contribution is -2.22. The molecule has 0 saturated carbocycles. The molecule has 2 heterocycles. The van der Waals surface area contributed by atoms with Crippen molar-refractivity contribution in [2.24, 2.45) is 0 Å². The van der Waals surface area contributed by atoms with Crippen molar-refractivity contribution in [3.05, 3.63) is 45.4 Å². The number of amides is 1. The fourth-order valence-electron chi connectivity index (χ4n) is 2.19. The van der Waals surface area contributed by atoms with Gasteiger partial charge in [-0.25, -0.2) is 4.98 Å². The second-order valence-electron chi connectivity index (χ2n) is 4.60. The molecule has 19 heavy (non-hydrogen) atoms. The summed E-state index contributed by atoms with van der Waals surface area (Å²) in [6.45, 7) is 3.46. The Morgan fingerprint density at radius 3 is 3.21 bits per heavy atom. The summed E-state index contributed by atoms with van der Waals surface area (Å²) in [6.07, 6.45) is 2.81. The van der Waals surface area contributed by atoms with Crippen LogP contribution in [0.3, 0.4) is 0 Å². The van der Waals surface area contributed by atoms with E-state index in [-0.39, 0.29) is 5.91 Å². The summed E-state index contributed by atoms with van der Waals surface area (Å²) in [5, 5.41) is 7.13. The molecule has 0 atom stereocenters. The molecule has 98 valence electrons. The standard InChI is InChI=1S/C14H15N3OS/c1-9-7-16-13(19-9)8-17-14(18)11-2-3-12-10(6-11)4-5-15-12/h2-3,6-7,15H,4-5,8H2,1H3,(H,17,18). The van der Waals surface area contributed by atoms with Crippen LogP contribution in [0.1, 0.15) is 25.8 Å². The first-order valence-corrected chi connectivity index (χ1v) is 7.10. The first-order chi connectivity index (χ1) is 9.22. The Bertz CT molecular complexity index is 621. The Morgan fingerprint density at radius 2 is 2.42 bits per heavy atom. The maximum atomic E-state index is 12.1. The molecule has 1 aliphatic heterocycles. The highest BCUT2D eigenvalue weighted by Gasteiger charge is 2.13. The first-order valence-electron chi connectivity index (χ1n) is 6.29.